The lowest BCUT2D eigenvalue weighted by atomic mass is 10.2. The Morgan fingerprint density at radius 3 is 2.79 bits per heavy atom. The number of carbonyl (C=O) groups is 1. The molecule has 0 aromatic carbocycles. The molecule has 2 aromatic heterocycles. The SMILES string of the molecule is CC[C@H](C(=O)OC)n1cnc2sc(C)c(C)c2c1=O. The molecular weight excluding hydrogens is 264 g/mol. The van der Waals surface area contributed by atoms with Crippen LogP contribution in [0, 0.1) is 13.8 Å². The van der Waals surface area contributed by atoms with Gasteiger partial charge in [-0.25, -0.2) is 9.78 Å². The van der Waals surface area contributed by atoms with Gasteiger partial charge in [-0.1, -0.05) is 6.92 Å². The van der Waals surface area contributed by atoms with Gasteiger partial charge in [0.1, 0.15) is 10.9 Å². The van der Waals surface area contributed by atoms with E-state index in [-0.39, 0.29) is 5.56 Å². The highest BCUT2D eigenvalue weighted by Gasteiger charge is 2.22. The molecule has 0 radical (unpaired) electrons. The van der Waals surface area contributed by atoms with Gasteiger partial charge in [-0.3, -0.25) is 9.36 Å². The van der Waals surface area contributed by atoms with E-state index < -0.39 is 12.0 Å². The largest absolute Gasteiger partial charge is 0.467 e. The summed E-state index contributed by atoms with van der Waals surface area (Å²) in [5.41, 5.74) is 0.760. The second kappa shape index (κ2) is 5.13. The Bertz CT molecular complexity index is 687. The van der Waals surface area contributed by atoms with Gasteiger partial charge in [0.2, 0.25) is 0 Å². The topological polar surface area (TPSA) is 61.2 Å². The van der Waals surface area contributed by atoms with Crippen molar-refractivity contribution in [3.05, 3.63) is 27.1 Å². The maximum atomic E-state index is 12.5. The van der Waals surface area contributed by atoms with E-state index in [0.29, 0.717) is 11.8 Å². The van der Waals surface area contributed by atoms with Gasteiger partial charge in [0.05, 0.1) is 18.8 Å². The molecule has 19 heavy (non-hydrogen) atoms. The summed E-state index contributed by atoms with van der Waals surface area (Å²) < 4.78 is 6.10. The first kappa shape index (κ1) is 13.7. The number of methoxy groups -OCH3 is 1. The number of hydrogen-bond donors (Lipinski definition) is 0. The monoisotopic (exact) mass is 280 g/mol. The highest BCUT2D eigenvalue weighted by atomic mass is 32.1. The van der Waals surface area contributed by atoms with E-state index in [9.17, 15) is 9.59 Å². The summed E-state index contributed by atoms with van der Waals surface area (Å²) in [6, 6.07) is -0.617. The second-order valence-electron chi connectivity index (χ2n) is 4.37. The standard InChI is InChI=1S/C13H16N2O3S/c1-5-9(13(17)18-4)15-6-14-11-10(12(15)16)7(2)8(3)19-11/h6,9H,5H2,1-4H3/t9-/m1/s1. The molecular formula is C13H16N2O3S. The first-order chi connectivity index (χ1) is 9.01. The molecule has 1 atom stereocenters. The van der Waals surface area contributed by atoms with Crippen molar-refractivity contribution in [3.63, 3.8) is 0 Å². The van der Waals surface area contributed by atoms with E-state index in [1.807, 2.05) is 20.8 Å². The number of carbonyl (C=O) groups excluding carboxylic acids is 1. The number of nitrogens with zero attached hydrogens (tertiary/aromatic N) is 2. The normalized spacial score (nSPS) is 12.6. The van der Waals surface area contributed by atoms with Crippen LogP contribution in [0.3, 0.4) is 0 Å². The van der Waals surface area contributed by atoms with Crippen molar-refractivity contribution in [2.75, 3.05) is 7.11 Å². The molecule has 2 aromatic rings. The van der Waals surface area contributed by atoms with Crippen molar-refractivity contribution >= 4 is 27.5 Å². The quantitative estimate of drug-likeness (QED) is 0.809. The van der Waals surface area contributed by atoms with Gasteiger partial charge < -0.3 is 4.74 Å². The highest BCUT2D eigenvalue weighted by molar-refractivity contribution is 7.18. The lowest BCUT2D eigenvalue weighted by Crippen LogP contribution is -2.30. The van der Waals surface area contributed by atoms with Crippen LogP contribution in [0.5, 0.6) is 0 Å². The third kappa shape index (κ3) is 2.16. The molecule has 0 bridgehead atoms. The Hall–Kier alpha value is -1.69. The molecule has 0 saturated carbocycles. The Labute approximate surface area is 114 Å². The zero-order chi connectivity index (χ0) is 14.2. The Kier molecular flexibility index (Phi) is 3.71. The maximum absolute atomic E-state index is 12.5. The van der Waals surface area contributed by atoms with Crippen molar-refractivity contribution < 1.29 is 9.53 Å². The van der Waals surface area contributed by atoms with Crippen molar-refractivity contribution in [3.8, 4) is 0 Å². The summed E-state index contributed by atoms with van der Waals surface area (Å²) in [6.07, 6.45) is 1.92. The third-order valence-electron chi connectivity index (χ3n) is 3.31. The summed E-state index contributed by atoms with van der Waals surface area (Å²) in [4.78, 5) is 30.3. The van der Waals surface area contributed by atoms with Gasteiger partial charge in [0.15, 0.2) is 0 Å². The third-order valence-corrected chi connectivity index (χ3v) is 4.43. The van der Waals surface area contributed by atoms with E-state index in [0.717, 1.165) is 15.3 Å². The van der Waals surface area contributed by atoms with Crippen LogP contribution in [0.4, 0.5) is 0 Å². The average molecular weight is 280 g/mol. The average Bonchev–Trinajstić information content (AvgIpc) is 2.69. The van der Waals surface area contributed by atoms with Gasteiger partial charge in [0.25, 0.3) is 5.56 Å². The zero-order valence-corrected chi connectivity index (χ0v) is 12.2. The van der Waals surface area contributed by atoms with Crippen LogP contribution in [-0.2, 0) is 9.53 Å². The fourth-order valence-electron chi connectivity index (χ4n) is 2.08. The van der Waals surface area contributed by atoms with Crippen LogP contribution in [0.1, 0.15) is 29.8 Å². The first-order valence-electron chi connectivity index (χ1n) is 6.05. The van der Waals surface area contributed by atoms with Gasteiger partial charge >= 0.3 is 5.97 Å². The van der Waals surface area contributed by atoms with Gasteiger partial charge in [-0.2, -0.15) is 0 Å². The number of thiophene rings is 1. The lowest BCUT2D eigenvalue weighted by molar-refractivity contribution is -0.144. The van der Waals surface area contributed by atoms with Crippen LogP contribution >= 0.6 is 11.3 Å². The van der Waals surface area contributed by atoms with Crippen molar-refractivity contribution in [2.45, 2.75) is 33.2 Å². The highest BCUT2D eigenvalue weighted by Crippen LogP contribution is 2.26. The maximum Gasteiger partial charge on any atom is 0.329 e. The smallest absolute Gasteiger partial charge is 0.329 e. The van der Waals surface area contributed by atoms with Crippen molar-refractivity contribution in [1.82, 2.24) is 9.55 Å². The Morgan fingerprint density at radius 2 is 2.21 bits per heavy atom. The van der Waals surface area contributed by atoms with E-state index in [1.54, 1.807) is 0 Å². The number of fused-ring (bicyclic) bond motifs is 1. The number of aryl methyl sites for hydroxylation is 2. The summed E-state index contributed by atoms with van der Waals surface area (Å²) in [6.45, 7) is 5.70. The molecule has 0 spiro atoms. The molecule has 0 N–H and O–H groups in total. The Morgan fingerprint density at radius 1 is 1.53 bits per heavy atom. The van der Waals surface area contributed by atoms with E-state index >= 15 is 0 Å². The number of aromatic nitrogens is 2. The zero-order valence-electron chi connectivity index (χ0n) is 11.4. The summed E-state index contributed by atoms with van der Waals surface area (Å²) >= 11 is 1.49. The predicted molar refractivity (Wildman–Crippen MR) is 74.7 cm³/mol. The van der Waals surface area contributed by atoms with Gasteiger partial charge in [-0.05, 0) is 25.8 Å². The first-order valence-corrected chi connectivity index (χ1v) is 6.87. The van der Waals surface area contributed by atoms with E-state index in [2.05, 4.69) is 4.98 Å². The molecule has 0 aliphatic carbocycles. The van der Waals surface area contributed by atoms with Crippen LogP contribution in [0.15, 0.2) is 11.1 Å². The van der Waals surface area contributed by atoms with E-state index in [1.165, 1.54) is 29.3 Å². The summed E-state index contributed by atoms with van der Waals surface area (Å²) in [7, 11) is 1.32. The molecule has 102 valence electrons. The lowest BCUT2D eigenvalue weighted by Gasteiger charge is -2.15. The molecule has 2 heterocycles. The van der Waals surface area contributed by atoms with Crippen LogP contribution in [0.25, 0.3) is 10.2 Å². The Balaban J connectivity index is 2.69. The van der Waals surface area contributed by atoms with E-state index in [4.69, 9.17) is 4.74 Å². The second-order valence-corrected chi connectivity index (χ2v) is 5.57. The molecule has 0 saturated heterocycles. The molecule has 2 rings (SSSR count). The van der Waals surface area contributed by atoms with Gasteiger partial charge in [0, 0.05) is 4.88 Å². The molecule has 0 aliphatic heterocycles. The molecule has 5 nitrogen and oxygen atoms in total. The minimum Gasteiger partial charge on any atom is -0.467 e. The summed E-state index contributed by atoms with van der Waals surface area (Å²) in [5.74, 6) is -0.421. The van der Waals surface area contributed by atoms with Gasteiger partial charge in [-0.15, -0.1) is 11.3 Å². The molecule has 6 heteroatoms. The van der Waals surface area contributed by atoms with Crippen LogP contribution in [-0.4, -0.2) is 22.6 Å². The predicted octanol–water partition coefficient (Wildman–Crippen LogP) is 2.20. The van der Waals surface area contributed by atoms with Crippen molar-refractivity contribution in [1.29, 1.82) is 0 Å². The van der Waals surface area contributed by atoms with Crippen LogP contribution < -0.4 is 5.56 Å². The van der Waals surface area contributed by atoms with Crippen LogP contribution in [0.2, 0.25) is 0 Å². The number of esters is 1. The molecule has 0 amide bonds. The fourth-order valence-corrected chi connectivity index (χ4v) is 3.07. The fraction of sp³-hybridized carbons (Fsp3) is 0.462. The summed E-state index contributed by atoms with van der Waals surface area (Å²) in [5, 5.41) is 0.604. The molecule has 0 aliphatic rings. The number of ether oxygens (including phenoxy) is 1. The molecule has 0 unspecified atom stereocenters. The van der Waals surface area contributed by atoms with Crippen molar-refractivity contribution in [2.24, 2.45) is 0 Å². The minimum absolute atomic E-state index is 0.177. The minimum atomic E-state index is -0.617. The number of rotatable bonds is 3. The molecule has 0 fully saturated rings. The number of hydrogen-bond acceptors (Lipinski definition) is 5.